The van der Waals surface area contributed by atoms with Crippen LogP contribution in [0.5, 0.6) is 5.88 Å². The number of pyridine rings is 1. The first-order chi connectivity index (χ1) is 12.8. The average Bonchev–Trinajstić information content (AvgIpc) is 3.33. The molecule has 4 aromatic rings. The van der Waals surface area contributed by atoms with Gasteiger partial charge in [-0.05, 0) is 23.8 Å². The number of nitrogens with zero attached hydrogens (tertiary/aromatic N) is 4. The lowest BCUT2D eigenvalue weighted by Gasteiger charge is -2.08. The van der Waals surface area contributed by atoms with Gasteiger partial charge >= 0.3 is 0 Å². The molecule has 0 saturated heterocycles. The van der Waals surface area contributed by atoms with E-state index in [1.54, 1.807) is 24.6 Å². The molecule has 5 rings (SSSR count). The van der Waals surface area contributed by atoms with E-state index >= 15 is 0 Å². The molecule has 6 heteroatoms. The molecule has 0 fully saturated rings. The molecule has 0 unspecified atom stereocenters. The molecule has 26 heavy (non-hydrogen) atoms. The van der Waals surface area contributed by atoms with Gasteiger partial charge in [0.25, 0.3) is 0 Å². The molecule has 0 aliphatic heterocycles. The number of benzene rings is 1. The van der Waals surface area contributed by atoms with Gasteiger partial charge in [-0.25, -0.2) is 15.0 Å². The van der Waals surface area contributed by atoms with Crippen LogP contribution in [-0.4, -0.2) is 27.0 Å². The van der Waals surface area contributed by atoms with Gasteiger partial charge in [0.1, 0.15) is 0 Å². The number of methoxy groups -OCH3 is 1. The lowest BCUT2D eigenvalue weighted by molar-refractivity contribution is 0.398. The molecule has 3 aromatic heterocycles. The zero-order chi connectivity index (χ0) is 17.5. The van der Waals surface area contributed by atoms with E-state index in [0.717, 1.165) is 45.7 Å². The van der Waals surface area contributed by atoms with Crippen LogP contribution < -0.4 is 4.74 Å². The standard InChI is InChI=1S/C20H14N4OS/c1-25-19-7-3-13(9-22-19)17-10-21-16-6-4-14(20(16)24-17)12-2-5-15-18(8-12)26-11-23-15/h2-5,7-11H,6H2,1H3. The van der Waals surface area contributed by atoms with E-state index < -0.39 is 0 Å². The molecule has 1 aromatic carbocycles. The number of hydrogen-bond acceptors (Lipinski definition) is 6. The third kappa shape index (κ3) is 2.46. The summed E-state index contributed by atoms with van der Waals surface area (Å²) in [6, 6.07) is 10.1. The molecule has 1 aliphatic rings. The van der Waals surface area contributed by atoms with Crippen molar-refractivity contribution in [3.8, 4) is 17.1 Å². The summed E-state index contributed by atoms with van der Waals surface area (Å²) >= 11 is 1.65. The number of rotatable bonds is 3. The Bertz CT molecular complexity index is 1150. The number of fused-ring (bicyclic) bond motifs is 2. The topological polar surface area (TPSA) is 60.8 Å². The van der Waals surface area contributed by atoms with Gasteiger partial charge in [-0.2, -0.15) is 0 Å². The fourth-order valence-corrected chi connectivity index (χ4v) is 3.86. The van der Waals surface area contributed by atoms with Crippen LogP contribution in [0.1, 0.15) is 17.0 Å². The highest BCUT2D eigenvalue weighted by atomic mass is 32.1. The first-order valence-corrected chi connectivity index (χ1v) is 9.10. The SMILES string of the molecule is COc1ccc(-c2cnc3c(n2)C(c2ccc4ncsc4c2)=CC3)cn1. The monoisotopic (exact) mass is 358 g/mol. The Balaban J connectivity index is 1.56. The summed E-state index contributed by atoms with van der Waals surface area (Å²) in [5.41, 5.74) is 8.88. The Labute approximate surface area is 154 Å². The van der Waals surface area contributed by atoms with Crippen molar-refractivity contribution in [1.82, 2.24) is 19.9 Å². The van der Waals surface area contributed by atoms with Gasteiger partial charge in [-0.1, -0.05) is 12.1 Å². The molecular formula is C20H14N4OS. The second-order valence-corrected chi connectivity index (χ2v) is 6.88. The number of ether oxygens (including phenoxy) is 1. The normalized spacial score (nSPS) is 12.9. The van der Waals surface area contributed by atoms with Crippen LogP contribution in [0, 0.1) is 0 Å². The predicted octanol–water partition coefficient (Wildman–Crippen LogP) is 4.14. The van der Waals surface area contributed by atoms with Gasteiger partial charge in [0.2, 0.25) is 5.88 Å². The van der Waals surface area contributed by atoms with E-state index in [1.165, 1.54) is 4.70 Å². The van der Waals surface area contributed by atoms with Gasteiger partial charge in [-0.15, -0.1) is 11.3 Å². The van der Waals surface area contributed by atoms with Crippen LogP contribution in [0.2, 0.25) is 0 Å². The summed E-state index contributed by atoms with van der Waals surface area (Å²) in [5, 5.41) is 0. The Hall–Kier alpha value is -3.12. The second kappa shape index (κ2) is 6.00. The molecule has 0 spiro atoms. The highest BCUT2D eigenvalue weighted by Crippen LogP contribution is 2.33. The maximum Gasteiger partial charge on any atom is 0.212 e. The minimum absolute atomic E-state index is 0.585. The fraction of sp³-hybridized carbons (Fsp3) is 0.100. The smallest absolute Gasteiger partial charge is 0.212 e. The minimum Gasteiger partial charge on any atom is -0.481 e. The van der Waals surface area contributed by atoms with E-state index in [2.05, 4.69) is 39.2 Å². The first kappa shape index (κ1) is 15.2. The van der Waals surface area contributed by atoms with Gasteiger partial charge in [0.05, 0.1) is 46.1 Å². The fourth-order valence-electron chi connectivity index (χ4n) is 3.14. The van der Waals surface area contributed by atoms with Crippen molar-refractivity contribution < 1.29 is 4.74 Å². The summed E-state index contributed by atoms with van der Waals surface area (Å²) < 4.78 is 6.30. The van der Waals surface area contributed by atoms with Crippen molar-refractivity contribution in [2.45, 2.75) is 6.42 Å². The Morgan fingerprint density at radius 3 is 2.77 bits per heavy atom. The maximum atomic E-state index is 5.12. The predicted molar refractivity (Wildman–Crippen MR) is 102 cm³/mol. The molecule has 3 heterocycles. The first-order valence-electron chi connectivity index (χ1n) is 8.22. The van der Waals surface area contributed by atoms with Gasteiger partial charge in [0.15, 0.2) is 0 Å². The van der Waals surface area contributed by atoms with E-state index in [4.69, 9.17) is 9.72 Å². The summed E-state index contributed by atoms with van der Waals surface area (Å²) in [6.45, 7) is 0. The third-order valence-corrected chi connectivity index (χ3v) is 5.28. The van der Waals surface area contributed by atoms with Crippen molar-refractivity contribution in [1.29, 1.82) is 0 Å². The van der Waals surface area contributed by atoms with Crippen LogP contribution >= 0.6 is 11.3 Å². The molecule has 0 amide bonds. The van der Waals surface area contributed by atoms with E-state index in [1.807, 2.05) is 23.8 Å². The molecule has 5 nitrogen and oxygen atoms in total. The zero-order valence-corrected chi connectivity index (χ0v) is 14.8. The molecule has 0 saturated carbocycles. The van der Waals surface area contributed by atoms with Crippen molar-refractivity contribution in [2.24, 2.45) is 0 Å². The molecular weight excluding hydrogens is 344 g/mol. The number of hydrogen-bond donors (Lipinski definition) is 0. The average molecular weight is 358 g/mol. The molecule has 0 atom stereocenters. The summed E-state index contributed by atoms with van der Waals surface area (Å²) in [6.07, 6.45) is 6.57. The lowest BCUT2D eigenvalue weighted by atomic mass is 10.0. The Morgan fingerprint density at radius 1 is 1.00 bits per heavy atom. The molecule has 126 valence electrons. The van der Waals surface area contributed by atoms with Gasteiger partial charge < -0.3 is 4.74 Å². The lowest BCUT2D eigenvalue weighted by Crippen LogP contribution is -1.98. The molecule has 0 bridgehead atoms. The van der Waals surface area contributed by atoms with E-state index in [-0.39, 0.29) is 0 Å². The Morgan fingerprint density at radius 2 is 1.92 bits per heavy atom. The minimum atomic E-state index is 0.585. The second-order valence-electron chi connectivity index (χ2n) is 6.00. The van der Waals surface area contributed by atoms with E-state index in [0.29, 0.717) is 5.88 Å². The van der Waals surface area contributed by atoms with Crippen LogP contribution in [0.15, 0.2) is 54.3 Å². The summed E-state index contributed by atoms with van der Waals surface area (Å²) in [4.78, 5) is 18.1. The zero-order valence-electron chi connectivity index (χ0n) is 14.0. The van der Waals surface area contributed by atoms with Crippen molar-refractivity contribution in [3.05, 3.63) is 71.3 Å². The Kier molecular flexibility index (Phi) is 3.50. The number of aromatic nitrogens is 4. The summed E-state index contributed by atoms with van der Waals surface area (Å²) in [5.74, 6) is 0.585. The summed E-state index contributed by atoms with van der Waals surface area (Å²) in [7, 11) is 1.61. The quantitative estimate of drug-likeness (QED) is 0.551. The van der Waals surface area contributed by atoms with Crippen LogP contribution in [0.3, 0.4) is 0 Å². The van der Waals surface area contributed by atoms with Gasteiger partial charge in [0, 0.05) is 29.8 Å². The van der Waals surface area contributed by atoms with Crippen molar-refractivity contribution in [2.75, 3.05) is 7.11 Å². The number of allylic oxidation sites excluding steroid dienone is 1. The van der Waals surface area contributed by atoms with Crippen molar-refractivity contribution >= 4 is 27.1 Å². The highest BCUT2D eigenvalue weighted by molar-refractivity contribution is 7.16. The molecule has 0 N–H and O–H groups in total. The third-order valence-electron chi connectivity index (χ3n) is 4.49. The van der Waals surface area contributed by atoms with E-state index in [9.17, 15) is 0 Å². The molecule has 0 radical (unpaired) electrons. The molecule has 1 aliphatic carbocycles. The number of thiazole rings is 1. The van der Waals surface area contributed by atoms with Gasteiger partial charge in [-0.3, -0.25) is 4.98 Å². The van der Waals surface area contributed by atoms with Crippen LogP contribution in [0.4, 0.5) is 0 Å². The van der Waals surface area contributed by atoms with Crippen molar-refractivity contribution in [3.63, 3.8) is 0 Å². The highest BCUT2D eigenvalue weighted by Gasteiger charge is 2.20. The largest absolute Gasteiger partial charge is 0.481 e. The van der Waals surface area contributed by atoms with Crippen LogP contribution in [-0.2, 0) is 6.42 Å². The maximum absolute atomic E-state index is 5.12. The van der Waals surface area contributed by atoms with Crippen LogP contribution in [0.25, 0.3) is 27.0 Å².